The fraction of sp³-hybridized carbons (Fsp3) is 0.182. The average Bonchev–Trinajstić information content (AvgIpc) is 2.92. The maximum atomic E-state index is 11.8. The fourth-order valence-electron chi connectivity index (χ4n) is 1.43. The summed E-state index contributed by atoms with van der Waals surface area (Å²) in [5.74, 6) is -0.705. The molecule has 2 rings (SSSR count). The summed E-state index contributed by atoms with van der Waals surface area (Å²) in [5.41, 5.74) is 0.971. The van der Waals surface area contributed by atoms with Gasteiger partial charge in [-0.2, -0.15) is 5.21 Å². The van der Waals surface area contributed by atoms with E-state index in [0.717, 1.165) is 0 Å². The Hall–Kier alpha value is -2.77. The molecule has 8 nitrogen and oxygen atoms in total. The van der Waals surface area contributed by atoms with Gasteiger partial charge in [0.15, 0.2) is 0 Å². The van der Waals surface area contributed by atoms with Gasteiger partial charge < -0.3 is 10.2 Å². The van der Waals surface area contributed by atoms with Crippen LogP contribution in [-0.2, 0) is 0 Å². The minimum Gasteiger partial charge on any atom is -0.345 e. The maximum absolute atomic E-state index is 11.8. The molecular formula is C11H12N6O2. The van der Waals surface area contributed by atoms with Crippen molar-refractivity contribution in [3.8, 4) is 0 Å². The Morgan fingerprint density at radius 1 is 1.32 bits per heavy atom. The van der Waals surface area contributed by atoms with Crippen LogP contribution in [0, 0.1) is 0 Å². The summed E-state index contributed by atoms with van der Waals surface area (Å²) in [6.07, 6.45) is 0. The minimum atomic E-state index is -0.497. The van der Waals surface area contributed by atoms with Crippen LogP contribution < -0.4 is 5.32 Å². The van der Waals surface area contributed by atoms with Crippen molar-refractivity contribution in [2.45, 2.75) is 0 Å². The zero-order valence-electron chi connectivity index (χ0n) is 10.4. The number of nitrogens with one attached hydrogen (secondary N) is 2. The highest BCUT2D eigenvalue weighted by Crippen LogP contribution is 2.12. The lowest BCUT2D eigenvalue weighted by molar-refractivity contribution is 0.0827. The number of carbonyl (C=O) groups excluding carboxylic acids is 2. The maximum Gasteiger partial charge on any atom is 0.297 e. The average molecular weight is 260 g/mol. The smallest absolute Gasteiger partial charge is 0.297 e. The third kappa shape index (κ3) is 2.92. The number of hydrogen-bond acceptors (Lipinski definition) is 5. The van der Waals surface area contributed by atoms with Crippen LogP contribution in [0.2, 0.25) is 0 Å². The van der Waals surface area contributed by atoms with Gasteiger partial charge in [0.2, 0.25) is 0 Å². The van der Waals surface area contributed by atoms with Gasteiger partial charge >= 0.3 is 0 Å². The predicted molar refractivity (Wildman–Crippen MR) is 66.6 cm³/mol. The van der Waals surface area contributed by atoms with E-state index in [1.54, 1.807) is 38.4 Å². The summed E-state index contributed by atoms with van der Waals surface area (Å²) in [6, 6.07) is 6.61. The number of aromatic nitrogens is 4. The third-order valence-electron chi connectivity index (χ3n) is 2.32. The van der Waals surface area contributed by atoms with Gasteiger partial charge in [0.25, 0.3) is 17.6 Å². The second kappa shape index (κ2) is 5.25. The molecule has 0 saturated carbocycles. The Morgan fingerprint density at radius 2 is 2.11 bits per heavy atom. The molecule has 1 aromatic heterocycles. The van der Waals surface area contributed by atoms with Gasteiger partial charge in [-0.15, -0.1) is 10.2 Å². The van der Waals surface area contributed by atoms with Crippen LogP contribution in [0.15, 0.2) is 24.3 Å². The normalized spacial score (nSPS) is 10.0. The van der Waals surface area contributed by atoms with E-state index in [0.29, 0.717) is 11.3 Å². The number of nitrogens with zero attached hydrogens (tertiary/aromatic N) is 4. The van der Waals surface area contributed by atoms with E-state index >= 15 is 0 Å². The van der Waals surface area contributed by atoms with Crippen molar-refractivity contribution in [1.29, 1.82) is 0 Å². The lowest BCUT2D eigenvalue weighted by Crippen LogP contribution is -2.22. The molecule has 98 valence electrons. The highest BCUT2D eigenvalue weighted by molar-refractivity contribution is 6.02. The summed E-state index contributed by atoms with van der Waals surface area (Å²) in [7, 11) is 3.32. The molecule has 0 aliphatic rings. The Kier molecular flexibility index (Phi) is 3.51. The molecule has 0 unspecified atom stereocenters. The first-order valence-electron chi connectivity index (χ1n) is 5.44. The quantitative estimate of drug-likeness (QED) is 0.817. The summed E-state index contributed by atoms with van der Waals surface area (Å²) < 4.78 is 0. The number of aromatic amines is 1. The fourth-order valence-corrected chi connectivity index (χ4v) is 1.43. The zero-order valence-corrected chi connectivity index (χ0v) is 10.4. The summed E-state index contributed by atoms with van der Waals surface area (Å²) in [6.45, 7) is 0. The number of benzene rings is 1. The van der Waals surface area contributed by atoms with E-state index in [2.05, 4.69) is 25.9 Å². The van der Waals surface area contributed by atoms with Crippen molar-refractivity contribution in [1.82, 2.24) is 25.5 Å². The van der Waals surface area contributed by atoms with Gasteiger partial charge in [-0.25, -0.2) is 0 Å². The first-order valence-corrected chi connectivity index (χ1v) is 5.44. The predicted octanol–water partition coefficient (Wildman–Crippen LogP) is 0.154. The number of rotatable bonds is 3. The van der Waals surface area contributed by atoms with Gasteiger partial charge in [-0.05, 0) is 23.4 Å². The standard InChI is InChI=1S/C11H12N6O2/c1-17(2)11(19)7-4-3-5-8(6-7)12-10(18)9-13-15-16-14-9/h3-6H,1-2H3,(H,12,18)(H,13,14,15,16). The molecule has 0 aliphatic carbocycles. The molecule has 2 aromatic rings. The minimum absolute atomic E-state index is 0.0654. The van der Waals surface area contributed by atoms with Crippen molar-refractivity contribution in [3.63, 3.8) is 0 Å². The molecule has 1 aromatic carbocycles. The number of hydrogen-bond donors (Lipinski definition) is 2. The van der Waals surface area contributed by atoms with Crippen molar-refractivity contribution in [3.05, 3.63) is 35.7 Å². The molecule has 0 atom stereocenters. The number of carbonyl (C=O) groups is 2. The monoisotopic (exact) mass is 260 g/mol. The van der Waals surface area contributed by atoms with Crippen LogP contribution >= 0.6 is 0 Å². The van der Waals surface area contributed by atoms with E-state index in [1.165, 1.54) is 4.90 Å². The van der Waals surface area contributed by atoms with Crippen LogP contribution in [0.4, 0.5) is 5.69 Å². The molecule has 8 heteroatoms. The SMILES string of the molecule is CN(C)C(=O)c1cccc(NC(=O)c2nn[nH]n2)c1. The van der Waals surface area contributed by atoms with Crippen LogP contribution in [0.25, 0.3) is 0 Å². The van der Waals surface area contributed by atoms with E-state index in [1.807, 2.05) is 0 Å². The Labute approximate surface area is 108 Å². The van der Waals surface area contributed by atoms with Gasteiger partial charge in [0, 0.05) is 25.3 Å². The van der Waals surface area contributed by atoms with Crippen LogP contribution in [-0.4, -0.2) is 51.4 Å². The van der Waals surface area contributed by atoms with E-state index in [4.69, 9.17) is 0 Å². The lowest BCUT2D eigenvalue weighted by atomic mass is 10.2. The van der Waals surface area contributed by atoms with Gasteiger partial charge in [0.1, 0.15) is 0 Å². The van der Waals surface area contributed by atoms with Gasteiger partial charge in [-0.1, -0.05) is 6.07 Å². The number of amides is 2. The summed E-state index contributed by atoms with van der Waals surface area (Å²) in [5, 5.41) is 15.2. The molecule has 2 amide bonds. The molecule has 0 spiro atoms. The van der Waals surface area contributed by atoms with Crippen molar-refractivity contribution >= 4 is 17.5 Å². The van der Waals surface area contributed by atoms with Crippen molar-refractivity contribution < 1.29 is 9.59 Å². The highest BCUT2D eigenvalue weighted by atomic mass is 16.2. The molecule has 0 radical (unpaired) electrons. The molecule has 0 bridgehead atoms. The number of H-pyrrole nitrogens is 1. The lowest BCUT2D eigenvalue weighted by Gasteiger charge is -2.11. The summed E-state index contributed by atoms with van der Waals surface area (Å²) in [4.78, 5) is 24.9. The third-order valence-corrected chi connectivity index (χ3v) is 2.32. The first-order chi connectivity index (χ1) is 9.08. The molecule has 1 heterocycles. The van der Waals surface area contributed by atoms with Gasteiger partial charge in [0.05, 0.1) is 0 Å². The molecule has 0 saturated heterocycles. The number of tetrazole rings is 1. The molecule has 19 heavy (non-hydrogen) atoms. The zero-order chi connectivity index (χ0) is 13.8. The molecule has 0 aliphatic heterocycles. The van der Waals surface area contributed by atoms with Crippen LogP contribution in [0.3, 0.4) is 0 Å². The molecule has 2 N–H and O–H groups in total. The van der Waals surface area contributed by atoms with E-state index in [-0.39, 0.29) is 11.7 Å². The van der Waals surface area contributed by atoms with Crippen molar-refractivity contribution in [2.75, 3.05) is 19.4 Å². The molecule has 0 fully saturated rings. The second-order valence-corrected chi connectivity index (χ2v) is 3.97. The number of anilines is 1. The summed E-state index contributed by atoms with van der Waals surface area (Å²) >= 11 is 0. The topological polar surface area (TPSA) is 104 Å². The van der Waals surface area contributed by atoms with Crippen LogP contribution in [0.5, 0.6) is 0 Å². The van der Waals surface area contributed by atoms with Gasteiger partial charge in [-0.3, -0.25) is 9.59 Å². The largest absolute Gasteiger partial charge is 0.345 e. The highest BCUT2D eigenvalue weighted by Gasteiger charge is 2.12. The second-order valence-electron chi connectivity index (χ2n) is 3.97. The Balaban J connectivity index is 2.16. The Morgan fingerprint density at radius 3 is 2.74 bits per heavy atom. The molecular weight excluding hydrogens is 248 g/mol. The van der Waals surface area contributed by atoms with Crippen molar-refractivity contribution in [2.24, 2.45) is 0 Å². The Bertz CT molecular complexity index is 593. The first kappa shape index (κ1) is 12.7. The van der Waals surface area contributed by atoms with E-state index in [9.17, 15) is 9.59 Å². The van der Waals surface area contributed by atoms with E-state index < -0.39 is 5.91 Å². The van der Waals surface area contributed by atoms with Crippen LogP contribution in [0.1, 0.15) is 21.0 Å².